The first-order chi connectivity index (χ1) is 10.8. The van der Waals surface area contributed by atoms with Gasteiger partial charge in [0.15, 0.2) is 5.96 Å². The number of rotatable bonds is 3. The van der Waals surface area contributed by atoms with Gasteiger partial charge in [-0.05, 0) is 6.07 Å². The van der Waals surface area contributed by atoms with E-state index in [1.54, 1.807) is 0 Å². The number of aromatic nitrogens is 1. The summed E-state index contributed by atoms with van der Waals surface area (Å²) in [7, 11) is 0. The molecule has 2 saturated heterocycles. The van der Waals surface area contributed by atoms with Gasteiger partial charge in [-0.15, -0.1) is 0 Å². The van der Waals surface area contributed by atoms with Crippen LogP contribution < -0.4 is 10.6 Å². The van der Waals surface area contributed by atoms with Crippen molar-refractivity contribution in [2.45, 2.75) is 6.54 Å². The van der Waals surface area contributed by atoms with Gasteiger partial charge in [-0.2, -0.15) is 0 Å². The van der Waals surface area contributed by atoms with E-state index in [2.05, 4.69) is 25.8 Å². The molecule has 0 amide bonds. The Bertz CT molecular complexity index is 510. The molecule has 0 radical (unpaired) electrons. The number of morpholine rings is 2. The summed E-state index contributed by atoms with van der Waals surface area (Å²) in [4.78, 5) is 13.4. The third kappa shape index (κ3) is 3.66. The predicted octanol–water partition coefficient (Wildman–Crippen LogP) is 0.0651. The lowest BCUT2D eigenvalue weighted by Gasteiger charge is -2.29. The molecule has 2 fully saturated rings. The van der Waals surface area contributed by atoms with E-state index in [-0.39, 0.29) is 0 Å². The molecule has 120 valence electrons. The van der Waals surface area contributed by atoms with Gasteiger partial charge in [0.2, 0.25) is 0 Å². The Kier molecular flexibility index (Phi) is 5.07. The van der Waals surface area contributed by atoms with E-state index >= 15 is 0 Å². The van der Waals surface area contributed by atoms with Crippen molar-refractivity contribution in [2.24, 2.45) is 10.7 Å². The molecule has 0 spiro atoms. The molecule has 0 bridgehead atoms. The number of hydrogen-bond donors (Lipinski definition) is 1. The minimum atomic E-state index is 0.545. The molecular formula is C15H23N5O2. The van der Waals surface area contributed by atoms with Crippen LogP contribution in [0.3, 0.4) is 0 Å². The molecular weight excluding hydrogens is 282 g/mol. The summed E-state index contributed by atoms with van der Waals surface area (Å²) in [6.45, 7) is 6.80. The summed E-state index contributed by atoms with van der Waals surface area (Å²) in [5.41, 5.74) is 7.19. The highest BCUT2D eigenvalue weighted by molar-refractivity contribution is 5.78. The molecule has 0 saturated carbocycles. The largest absolute Gasteiger partial charge is 0.378 e. The molecule has 22 heavy (non-hydrogen) atoms. The Balaban J connectivity index is 1.69. The average Bonchev–Trinajstić information content (AvgIpc) is 2.61. The van der Waals surface area contributed by atoms with Crippen LogP contribution >= 0.6 is 0 Å². The van der Waals surface area contributed by atoms with Gasteiger partial charge in [-0.3, -0.25) is 0 Å². The van der Waals surface area contributed by atoms with Crippen LogP contribution in [-0.4, -0.2) is 68.4 Å². The van der Waals surface area contributed by atoms with Crippen LogP contribution in [0.5, 0.6) is 0 Å². The van der Waals surface area contributed by atoms with Crippen molar-refractivity contribution in [1.29, 1.82) is 0 Å². The first-order valence-corrected chi connectivity index (χ1v) is 7.74. The summed E-state index contributed by atoms with van der Waals surface area (Å²) >= 11 is 0. The second kappa shape index (κ2) is 7.42. The van der Waals surface area contributed by atoms with Gasteiger partial charge in [-0.25, -0.2) is 9.98 Å². The van der Waals surface area contributed by atoms with Crippen LogP contribution in [0.4, 0.5) is 5.82 Å². The fourth-order valence-corrected chi connectivity index (χ4v) is 2.67. The third-order valence-electron chi connectivity index (χ3n) is 3.92. The van der Waals surface area contributed by atoms with E-state index in [1.165, 1.54) is 0 Å². The van der Waals surface area contributed by atoms with Gasteiger partial charge in [0.25, 0.3) is 0 Å². The number of nitrogens with zero attached hydrogens (tertiary/aromatic N) is 4. The van der Waals surface area contributed by atoms with E-state index in [0.29, 0.717) is 25.7 Å². The molecule has 0 aromatic carbocycles. The van der Waals surface area contributed by atoms with Gasteiger partial charge in [0.1, 0.15) is 5.82 Å². The molecule has 7 nitrogen and oxygen atoms in total. The summed E-state index contributed by atoms with van der Waals surface area (Å²) in [6, 6.07) is 4.01. The van der Waals surface area contributed by atoms with E-state index in [4.69, 9.17) is 15.2 Å². The zero-order chi connectivity index (χ0) is 15.2. The first-order valence-electron chi connectivity index (χ1n) is 7.74. The smallest absolute Gasteiger partial charge is 0.191 e. The highest BCUT2D eigenvalue weighted by atomic mass is 16.5. The van der Waals surface area contributed by atoms with Crippen molar-refractivity contribution >= 4 is 11.8 Å². The topological polar surface area (TPSA) is 76.2 Å². The fraction of sp³-hybridized carbons (Fsp3) is 0.600. The number of hydrogen-bond acceptors (Lipinski definition) is 5. The number of ether oxygens (including phenoxy) is 2. The number of anilines is 1. The lowest BCUT2D eigenvalue weighted by atomic mass is 10.2. The predicted molar refractivity (Wildman–Crippen MR) is 85.0 cm³/mol. The van der Waals surface area contributed by atoms with E-state index in [9.17, 15) is 0 Å². The van der Waals surface area contributed by atoms with Crippen molar-refractivity contribution in [3.63, 3.8) is 0 Å². The Morgan fingerprint density at radius 3 is 2.55 bits per heavy atom. The van der Waals surface area contributed by atoms with Crippen LogP contribution in [-0.2, 0) is 16.0 Å². The Morgan fingerprint density at radius 2 is 1.82 bits per heavy atom. The normalized spacial score (nSPS) is 20.3. The van der Waals surface area contributed by atoms with Crippen molar-refractivity contribution in [3.8, 4) is 0 Å². The first kappa shape index (κ1) is 15.1. The SMILES string of the molecule is NC(=NCc1cccnc1N1CCOCC1)N1CCOCC1. The number of pyridine rings is 1. The molecule has 1 aromatic rings. The third-order valence-corrected chi connectivity index (χ3v) is 3.92. The van der Waals surface area contributed by atoms with Crippen LogP contribution in [0.15, 0.2) is 23.3 Å². The lowest BCUT2D eigenvalue weighted by molar-refractivity contribution is 0.0674. The minimum absolute atomic E-state index is 0.545. The minimum Gasteiger partial charge on any atom is -0.378 e. The monoisotopic (exact) mass is 305 g/mol. The Morgan fingerprint density at radius 1 is 1.14 bits per heavy atom. The molecule has 2 aliphatic heterocycles. The summed E-state index contributed by atoms with van der Waals surface area (Å²) in [6.07, 6.45) is 1.82. The van der Waals surface area contributed by atoms with Crippen LogP contribution in [0.1, 0.15) is 5.56 Å². The second-order valence-corrected chi connectivity index (χ2v) is 5.36. The van der Waals surface area contributed by atoms with Crippen molar-refractivity contribution in [2.75, 3.05) is 57.5 Å². The van der Waals surface area contributed by atoms with E-state index < -0.39 is 0 Å². The molecule has 0 aliphatic carbocycles. The average molecular weight is 305 g/mol. The standard InChI is InChI=1S/C15H23N5O2/c16-15(20-6-10-22-11-7-20)18-12-13-2-1-3-17-14(13)19-4-8-21-9-5-19/h1-3H,4-12H2,(H2,16,18). The number of guanidine groups is 1. The van der Waals surface area contributed by atoms with Gasteiger partial charge >= 0.3 is 0 Å². The molecule has 0 unspecified atom stereocenters. The highest BCUT2D eigenvalue weighted by Crippen LogP contribution is 2.19. The summed E-state index contributed by atoms with van der Waals surface area (Å²) in [5.74, 6) is 1.57. The quantitative estimate of drug-likeness (QED) is 0.629. The van der Waals surface area contributed by atoms with Gasteiger partial charge in [0, 0.05) is 37.9 Å². The second-order valence-electron chi connectivity index (χ2n) is 5.36. The molecule has 3 heterocycles. The summed E-state index contributed by atoms with van der Waals surface area (Å²) < 4.78 is 10.7. The van der Waals surface area contributed by atoms with Crippen molar-refractivity contribution < 1.29 is 9.47 Å². The molecule has 0 atom stereocenters. The van der Waals surface area contributed by atoms with Gasteiger partial charge in [0.05, 0.1) is 33.0 Å². The van der Waals surface area contributed by atoms with Crippen LogP contribution in [0, 0.1) is 0 Å². The van der Waals surface area contributed by atoms with E-state index in [0.717, 1.165) is 50.8 Å². The molecule has 2 aliphatic rings. The van der Waals surface area contributed by atoms with Crippen molar-refractivity contribution in [3.05, 3.63) is 23.9 Å². The van der Waals surface area contributed by atoms with E-state index in [1.807, 2.05) is 12.3 Å². The Hall–Kier alpha value is -1.86. The number of aliphatic imine (C=N–C) groups is 1. The lowest BCUT2D eigenvalue weighted by Crippen LogP contribution is -2.44. The van der Waals surface area contributed by atoms with Crippen molar-refractivity contribution in [1.82, 2.24) is 9.88 Å². The molecule has 2 N–H and O–H groups in total. The van der Waals surface area contributed by atoms with Gasteiger partial charge in [-0.1, -0.05) is 6.07 Å². The highest BCUT2D eigenvalue weighted by Gasteiger charge is 2.16. The van der Waals surface area contributed by atoms with Crippen LogP contribution in [0.25, 0.3) is 0 Å². The maximum absolute atomic E-state index is 6.09. The fourth-order valence-electron chi connectivity index (χ4n) is 2.67. The Labute approximate surface area is 130 Å². The van der Waals surface area contributed by atoms with Crippen LogP contribution in [0.2, 0.25) is 0 Å². The maximum atomic E-state index is 6.09. The van der Waals surface area contributed by atoms with Gasteiger partial charge < -0.3 is 25.0 Å². The zero-order valence-electron chi connectivity index (χ0n) is 12.8. The molecule has 3 rings (SSSR count). The maximum Gasteiger partial charge on any atom is 0.191 e. The zero-order valence-corrected chi connectivity index (χ0v) is 12.8. The molecule has 7 heteroatoms. The summed E-state index contributed by atoms with van der Waals surface area (Å²) in [5, 5.41) is 0. The molecule has 1 aromatic heterocycles. The number of nitrogens with two attached hydrogens (primary N) is 1.